The van der Waals surface area contributed by atoms with Crippen molar-refractivity contribution in [2.45, 2.75) is 0 Å². The van der Waals surface area contributed by atoms with Gasteiger partial charge in [-0.05, 0) is 87.6 Å². The minimum absolute atomic E-state index is 0.871. The topological polar surface area (TPSA) is 16.4 Å². The predicted molar refractivity (Wildman–Crippen MR) is 210 cm³/mol. The Balaban J connectivity index is 1.17. The number of nitrogens with zero attached hydrogens (tertiary/aromatic N) is 1. The Labute approximate surface area is 287 Å². The van der Waals surface area contributed by atoms with Crippen molar-refractivity contribution in [2.24, 2.45) is 0 Å². The maximum Gasteiger partial charge on any atom is 0.137 e. The lowest BCUT2D eigenvalue weighted by atomic mass is 9.95. The molecule has 10 rings (SSSR count). The van der Waals surface area contributed by atoms with Gasteiger partial charge in [-0.25, -0.2) is 0 Å². The summed E-state index contributed by atoms with van der Waals surface area (Å²) >= 11 is 1.84. The number of benzene rings is 8. The van der Waals surface area contributed by atoms with E-state index < -0.39 is 0 Å². The predicted octanol–water partition coefficient (Wildman–Crippen LogP) is 13.9. The standard InChI is InChI=1S/C46H29NOS/c1-3-11-30(12-4-1)31-19-21-33(22-20-31)47(34-24-26-45-41(27-34)37-16-9-10-18-44(37)49-45)35-23-25-39-42(28-35)48-43-29-40(32-13-5-2-6-14-32)36-15-7-8-17-38(36)46(39)43/h1-29H. The second kappa shape index (κ2) is 11.2. The van der Waals surface area contributed by atoms with Crippen LogP contribution in [0.5, 0.6) is 0 Å². The molecule has 8 aromatic carbocycles. The highest BCUT2D eigenvalue weighted by atomic mass is 32.1. The molecule has 0 spiro atoms. The fourth-order valence-corrected chi connectivity index (χ4v) is 8.44. The van der Waals surface area contributed by atoms with Crippen LogP contribution in [0.4, 0.5) is 17.1 Å². The third-order valence-electron chi connectivity index (χ3n) is 9.66. The summed E-state index contributed by atoms with van der Waals surface area (Å²) in [5.74, 6) is 0. The van der Waals surface area contributed by atoms with Crippen LogP contribution in [0.3, 0.4) is 0 Å². The first-order valence-corrected chi connectivity index (χ1v) is 17.4. The Morgan fingerprint density at radius 1 is 0.367 bits per heavy atom. The third kappa shape index (κ3) is 4.62. The summed E-state index contributed by atoms with van der Waals surface area (Å²) in [5.41, 5.74) is 9.77. The van der Waals surface area contributed by atoms with Crippen LogP contribution in [0, 0.1) is 0 Å². The quantitative estimate of drug-likeness (QED) is 0.186. The second-order valence-electron chi connectivity index (χ2n) is 12.5. The lowest BCUT2D eigenvalue weighted by Crippen LogP contribution is -2.09. The molecular formula is C46H29NOS. The third-order valence-corrected chi connectivity index (χ3v) is 10.8. The molecule has 0 unspecified atom stereocenters. The van der Waals surface area contributed by atoms with E-state index in [1.807, 2.05) is 11.3 Å². The number of hydrogen-bond acceptors (Lipinski definition) is 3. The first-order valence-electron chi connectivity index (χ1n) is 16.6. The molecule has 230 valence electrons. The van der Waals surface area contributed by atoms with Gasteiger partial charge in [-0.2, -0.15) is 0 Å². The van der Waals surface area contributed by atoms with Crippen LogP contribution >= 0.6 is 11.3 Å². The normalized spacial score (nSPS) is 11.7. The summed E-state index contributed by atoms with van der Waals surface area (Å²) in [7, 11) is 0. The van der Waals surface area contributed by atoms with E-state index in [1.165, 1.54) is 53.2 Å². The fourth-order valence-electron chi connectivity index (χ4n) is 7.36. The van der Waals surface area contributed by atoms with Crippen LogP contribution in [0.1, 0.15) is 0 Å². The van der Waals surface area contributed by atoms with Gasteiger partial charge < -0.3 is 9.32 Å². The molecule has 0 amide bonds. The monoisotopic (exact) mass is 643 g/mol. The van der Waals surface area contributed by atoms with E-state index in [0.717, 1.165) is 39.0 Å². The van der Waals surface area contributed by atoms with Crippen LogP contribution in [0.25, 0.3) is 75.1 Å². The zero-order valence-corrected chi connectivity index (χ0v) is 27.3. The van der Waals surface area contributed by atoms with Gasteiger partial charge in [-0.15, -0.1) is 11.3 Å². The lowest BCUT2D eigenvalue weighted by Gasteiger charge is -2.26. The van der Waals surface area contributed by atoms with Gasteiger partial charge in [0.2, 0.25) is 0 Å². The van der Waals surface area contributed by atoms with Crippen molar-refractivity contribution >= 4 is 81.3 Å². The van der Waals surface area contributed by atoms with Gasteiger partial charge in [0.25, 0.3) is 0 Å². The Bertz CT molecular complexity index is 2810. The Hall–Kier alpha value is -6.16. The fraction of sp³-hybridized carbons (Fsp3) is 0. The van der Waals surface area contributed by atoms with Crippen LogP contribution in [0.2, 0.25) is 0 Å². The van der Waals surface area contributed by atoms with Crippen LogP contribution in [0.15, 0.2) is 180 Å². The molecule has 49 heavy (non-hydrogen) atoms. The minimum atomic E-state index is 0.871. The first-order chi connectivity index (χ1) is 24.3. The molecule has 2 nitrogen and oxygen atoms in total. The number of anilines is 3. The lowest BCUT2D eigenvalue weighted by molar-refractivity contribution is 0.669. The maximum atomic E-state index is 6.75. The zero-order valence-electron chi connectivity index (χ0n) is 26.5. The summed E-state index contributed by atoms with van der Waals surface area (Å²) < 4.78 is 9.35. The molecule has 0 saturated heterocycles. The molecule has 10 aromatic rings. The maximum absolute atomic E-state index is 6.75. The van der Waals surface area contributed by atoms with E-state index in [9.17, 15) is 0 Å². The molecule has 0 aliphatic heterocycles. The molecule has 0 atom stereocenters. The van der Waals surface area contributed by atoms with E-state index in [0.29, 0.717) is 0 Å². The number of fused-ring (bicyclic) bond motifs is 8. The average Bonchev–Trinajstić information content (AvgIpc) is 3.73. The van der Waals surface area contributed by atoms with E-state index in [2.05, 4.69) is 181 Å². The SMILES string of the molecule is c1ccc(-c2ccc(N(c3ccc4c(c3)oc3cc(-c5ccccc5)c5ccccc5c34)c3ccc4sc5ccccc5c4c3)cc2)cc1. The molecule has 0 radical (unpaired) electrons. The van der Waals surface area contributed by atoms with Gasteiger partial charge in [0.1, 0.15) is 11.2 Å². The van der Waals surface area contributed by atoms with Gasteiger partial charge >= 0.3 is 0 Å². The van der Waals surface area contributed by atoms with Crippen molar-refractivity contribution in [3.8, 4) is 22.3 Å². The van der Waals surface area contributed by atoms with Gasteiger partial charge in [0.05, 0.1) is 0 Å². The molecule has 3 heteroatoms. The van der Waals surface area contributed by atoms with E-state index in [-0.39, 0.29) is 0 Å². The summed E-state index contributed by atoms with van der Waals surface area (Å²) in [5, 5.41) is 7.26. The van der Waals surface area contributed by atoms with Gasteiger partial charge in [-0.3, -0.25) is 0 Å². The molecule has 2 aromatic heterocycles. The van der Waals surface area contributed by atoms with Crippen molar-refractivity contribution < 1.29 is 4.42 Å². The summed E-state index contributed by atoms with van der Waals surface area (Å²) in [6, 6.07) is 63.1. The highest BCUT2D eigenvalue weighted by Gasteiger charge is 2.19. The molecular weight excluding hydrogens is 615 g/mol. The van der Waals surface area contributed by atoms with E-state index in [1.54, 1.807) is 0 Å². The van der Waals surface area contributed by atoms with Crippen LogP contribution in [-0.4, -0.2) is 0 Å². The minimum Gasteiger partial charge on any atom is -0.456 e. The van der Waals surface area contributed by atoms with Crippen LogP contribution in [-0.2, 0) is 0 Å². The number of furan rings is 1. The second-order valence-corrected chi connectivity index (χ2v) is 13.6. The molecule has 0 aliphatic rings. The van der Waals surface area contributed by atoms with Gasteiger partial charge in [0, 0.05) is 54.1 Å². The largest absolute Gasteiger partial charge is 0.456 e. The van der Waals surface area contributed by atoms with Gasteiger partial charge in [-0.1, -0.05) is 115 Å². The molecule has 0 N–H and O–H groups in total. The molecule has 2 heterocycles. The summed E-state index contributed by atoms with van der Waals surface area (Å²) in [6.45, 7) is 0. The molecule has 0 aliphatic carbocycles. The van der Waals surface area contributed by atoms with Crippen molar-refractivity contribution in [3.63, 3.8) is 0 Å². The summed E-state index contributed by atoms with van der Waals surface area (Å²) in [4.78, 5) is 2.35. The van der Waals surface area contributed by atoms with E-state index in [4.69, 9.17) is 4.42 Å². The Kier molecular flexibility index (Phi) is 6.39. The smallest absolute Gasteiger partial charge is 0.137 e. The zero-order chi connectivity index (χ0) is 32.3. The van der Waals surface area contributed by atoms with Crippen molar-refractivity contribution in [3.05, 3.63) is 176 Å². The molecule has 0 fully saturated rings. The van der Waals surface area contributed by atoms with Crippen LogP contribution < -0.4 is 4.90 Å². The van der Waals surface area contributed by atoms with E-state index >= 15 is 0 Å². The molecule has 0 saturated carbocycles. The number of thiophene rings is 1. The highest BCUT2D eigenvalue weighted by Crippen LogP contribution is 2.44. The molecule has 0 bridgehead atoms. The number of hydrogen-bond donors (Lipinski definition) is 0. The number of rotatable bonds is 5. The van der Waals surface area contributed by atoms with Crippen molar-refractivity contribution in [1.29, 1.82) is 0 Å². The highest BCUT2D eigenvalue weighted by molar-refractivity contribution is 7.25. The van der Waals surface area contributed by atoms with Crippen molar-refractivity contribution in [2.75, 3.05) is 4.90 Å². The Morgan fingerprint density at radius 3 is 1.76 bits per heavy atom. The van der Waals surface area contributed by atoms with Gasteiger partial charge in [0.15, 0.2) is 0 Å². The summed E-state index contributed by atoms with van der Waals surface area (Å²) in [6.07, 6.45) is 0. The average molecular weight is 644 g/mol. The first kappa shape index (κ1) is 27.9. The Morgan fingerprint density at radius 2 is 0.959 bits per heavy atom. The van der Waals surface area contributed by atoms with Crippen molar-refractivity contribution in [1.82, 2.24) is 0 Å².